The van der Waals surface area contributed by atoms with Crippen molar-refractivity contribution in [2.75, 3.05) is 18.5 Å². The van der Waals surface area contributed by atoms with Gasteiger partial charge in [-0.1, -0.05) is 0 Å². The van der Waals surface area contributed by atoms with E-state index in [1.165, 1.54) is 12.1 Å². The lowest BCUT2D eigenvalue weighted by Gasteiger charge is -2.25. The Morgan fingerprint density at radius 1 is 1.38 bits per heavy atom. The molecule has 1 rings (SSSR count). The molecule has 3 heteroatoms. The molecule has 0 radical (unpaired) electrons. The van der Waals surface area contributed by atoms with Gasteiger partial charge in [0.1, 0.15) is 5.82 Å². The second-order valence-corrected chi connectivity index (χ2v) is 3.17. The molecule has 0 bridgehead atoms. The number of likely N-dealkylation sites (N-methyl/N-ethyl adjacent to an activating group) is 1. The van der Waals surface area contributed by atoms with Crippen LogP contribution in [0.2, 0.25) is 0 Å². The van der Waals surface area contributed by atoms with Crippen LogP contribution in [-0.2, 0) is 0 Å². The Morgan fingerprint density at radius 3 is 2.38 bits per heavy atom. The average molecular weight is 182 g/mol. The highest BCUT2D eigenvalue weighted by Gasteiger charge is 2.07. The number of hydrogen-bond acceptors (Lipinski definition) is 2. The summed E-state index contributed by atoms with van der Waals surface area (Å²) in [6, 6.07) is 6.68. The highest BCUT2D eigenvalue weighted by atomic mass is 19.1. The molecule has 1 unspecified atom stereocenters. The summed E-state index contributed by atoms with van der Waals surface area (Å²) in [5, 5.41) is 0. The van der Waals surface area contributed by atoms with Crippen molar-refractivity contribution in [3.63, 3.8) is 0 Å². The minimum atomic E-state index is -0.211. The third kappa shape index (κ3) is 2.42. The molecule has 0 spiro atoms. The number of nitrogens with two attached hydrogens (primary N) is 1. The van der Waals surface area contributed by atoms with Gasteiger partial charge in [-0.2, -0.15) is 0 Å². The molecule has 0 aromatic heterocycles. The van der Waals surface area contributed by atoms with Crippen molar-refractivity contribution in [1.82, 2.24) is 0 Å². The van der Waals surface area contributed by atoms with Crippen molar-refractivity contribution in [2.24, 2.45) is 5.73 Å². The van der Waals surface area contributed by atoms with Crippen LogP contribution in [0.15, 0.2) is 24.3 Å². The van der Waals surface area contributed by atoms with Crippen molar-refractivity contribution in [1.29, 1.82) is 0 Å². The summed E-state index contributed by atoms with van der Waals surface area (Å²) in [5.41, 5.74) is 6.51. The lowest BCUT2D eigenvalue weighted by molar-refractivity contribution is 0.626. The molecule has 0 aliphatic heterocycles. The van der Waals surface area contributed by atoms with Crippen molar-refractivity contribution in [3.8, 4) is 0 Å². The van der Waals surface area contributed by atoms with E-state index in [1.807, 2.05) is 18.9 Å². The van der Waals surface area contributed by atoms with Crippen molar-refractivity contribution in [3.05, 3.63) is 30.1 Å². The molecule has 1 aromatic rings. The normalized spacial score (nSPS) is 12.6. The fourth-order valence-electron chi connectivity index (χ4n) is 1.09. The Bertz CT molecular complexity index is 258. The lowest BCUT2D eigenvalue weighted by atomic mass is 10.2. The summed E-state index contributed by atoms with van der Waals surface area (Å²) in [5.74, 6) is -0.211. The standard InChI is InChI=1S/C10H15FN2/c1-8(7-12)13(2)10-5-3-9(11)4-6-10/h3-6,8H,7,12H2,1-2H3. The summed E-state index contributed by atoms with van der Waals surface area (Å²) in [6.45, 7) is 2.62. The van der Waals surface area contributed by atoms with Crippen LogP contribution in [-0.4, -0.2) is 19.6 Å². The summed E-state index contributed by atoms with van der Waals surface area (Å²) in [7, 11) is 1.95. The van der Waals surface area contributed by atoms with Gasteiger partial charge >= 0.3 is 0 Å². The van der Waals surface area contributed by atoms with Crippen LogP contribution in [0.3, 0.4) is 0 Å². The third-order valence-electron chi connectivity index (χ3n) is 2.24. The zero-order valence-corrected chi connectivity index (χ0v) is 8.00. The van der Waals surface area contributed by atoms with E-state index in [1.54, 1.807) is 12.1 Å². The van der Waals surface area contributed by atoms with Gasteiger partial charge < -0.3 is 10.6 Å². The van der Waals surface area contributed by atoms with E-state index in [-0.39, 0.29) is 11.9 Å². The first-order chi connectivity index (χ1) is 6.15. The minimum absolute atomic E-state index is 0.211. The fraction of sp³-hybridized carbons (Fsp3) is 0.400. The van der Waals surface area contributed by atoms with E-state index >= 15 is 0 Å². The minimum Gasteiger partial charge on any atom is -0.371 e. The molecular weight excluding hydrogens is 167 g/mol. The maximum Gasteiger partial charge on any atom is 0.123 e. The molecule has 0 saturated carbocycles. The Kier molecular flexibility index (Phi) is 3.25. The van der Waals surface area contributed by atoms with Gasteiger partial charge in [-0.3, -0.25) is 0 Å². The lowest BCUT2D eigenvalue weighted by Crippen LogP contribution is -2.35. The van der Waals surface area contributed by atoms with Gasteiger partial charge in [0, 0.05) is 25.3 Å². The topological polar surface area (TPSA) is 29.3 Å². The van der Waals surface area contributed by atoms with Crippen LogP contribution < -0.4 is 10.6 Å². The van der Waals surface area contributed by atoms with E-state index < -0.39 is 0 Å². The molecule has 1 atom stereocenters. The van der Waals surface area contributed by atoms with Crippen molar-refractivity contribution >= 4 is 5.69 Å². The molecule has 2 N–H and O–H groups in total. The largest absolute Gasteiger partial charge is 0.371 e. The molecular formula is C10H15FN2. The molecule has 0 saturated heterocycles. The van der Waals surface area contributed by atoms with Crippen molar-refractivity contribution in [2.45, 2.75) is 13.0 Å². The zero-order chi connectivity index (χ0) is 9.84. The molecule has 13 heavy (non-hydrogen) atoms. The number of hydrogen-bond donors (Lipinski definition) is 1. The van der Waals surface area contributed by atoms with E-state index in [9.17, 15) is 4.39 Å². The van der Waals surface area contributed by atoms with Crippen LogP contribution in [0.1, 0.15) is 6.92 Å². The van der Waals surface area contributed by atoms with Gasteiger partial charge in [0.15, 0.2) is 0 Å². The Morgan fingerprint density at radius 2 is 1.92 bits per heavy atom. The molecule has 0 aliphatic carbocycles. The second-order valence-electron chi connectivity index (χ2n) is 3.17. The summed E-state index contributed by atoms with van der Waals surface area (Å²) in [6.07, 6.45) is 0. The van der Waals surface area contributed by atoms with E-state index in [0.717, 1.165) is 5.69 Å². The highest BCUT2D eigenvalue weighted by Crippen LogP contribution is 2.14. The van der Waals surface area contributed by atoms with Crippen LogP contribution in [0.5, 0.6) is 0 Å². The van der Waals surface area contributed by atoms with Crippen LogP contribution >= 0.6 is 0 Å². The Labute approximate surface area is 78.2 Å². The van der Waals surface area contributed by atoms with E-state index in [4.69, 9.17) is 5.73 Å². The van der Waals surface area contributed by atoms with E-state index in [0.29, 0.717) is 6.54 Å². The smallest absolute Gasteiger partial charge is 0.123 e. The zero-order valence-electron chi connectivity index (χ0n) is 8.00. The number of benzene rings is 1. The molecule has 2 nitrogen and oxygen atoms in total. The number of nitrogens with zero attached hydrogens (tertiary/aromatic N) is 1. The van der Waals surface area contributed by atoms with E-state index in [2.05, 4.69) is 0 Å². The maximum atomic E-state index is 12.6. The molecule has 1 aromatic carbocycles. The predicted molar refractivity (Wildman–Crippen MR) is 53.3 cm³/mol. The first kappa shape index (κ1) is 9.99. The quantitative estimate of drug-likeness (QED) is 0.769. The molecule has 0 aliphatic rings. The third-order valence-corrected chi connectivity index (χ3v) is 2.24. The molecule has 0 heterocycles. The number of halogens is 1. The monoisotopic (exact) mass is 182 g/mol. The highest BCUT2D eigenvalue weighted by molar-refractivity contribution is 5.46. The Balaban J connectivity index is 2.77. The van der Waals surface area contributed by atoms with Crippen LogP contribution in [0, 0.1) is 5.82 Å². The summed E-state index contributed by atoms with van der Waals surface area (Å²) in [4.78, 5) is 2.03. The van der Waals surface area contributed by atoms with Gasteiger partial charge in [0.05, 0.1) is 0 Å². The fourth-order valence-corrected chi connectivity index (χ4v) is 1.09. The Hall–Kier alpha value is -1.09. The van der Waals surface area contributed by atoms with Gasteiger partial charge in [-0.25, -0.2) is 4.39 Å². The summed E-state index contributed by atoms with van der Waals surface area (Å²) >= 11 is 0. The van der Waals surface area contributed by atoms with Crippen LogP contribution in [0.25, 0.3) is 0 Å². The maximum absolute atomic E-state index is 12.6. The SMILES string of the molecule is CC(CN)N(C)c1ccc(F)cc1. The number of anilines is 1. The number of rotatable bonds is 3. The van der Waals surface area contributed by atoms with Gasteiger partial charge in [0.2, 0.25) is 0 Å². The van der Waals surface area contributed by atoms with Gasteiger partial charge in [-0.15, -0.1) is 0 Å². The molecule has 72 valence electrons. The first-order valence-electron chi connectivity index (χ1n) is 4.33. The average Bonchev–Trinajstić information content (AvgIpc) is 2.17. The molecule has 0 amide bonds. The van der Waals surface area contributed by atoms with Crippen molar-refractivity contribution < 1.29 is 4.39 Å². The van der Waals surface area contributed by atoms with Gasteiger partial charge in [0.25, 0.3) is 0 Å². The van der Waals surface area contributed by atoms with Gasteiger partial charge in [-0.05, 0) is 31.2 Å². The first-order valence-corrected chi connectivity index (χ1v) is 4.33. The molecule has 0 fully saturated rings. The summed E-state index contributed by atoms with van der Waals surface area (Å²) < 4.78 is 12.6. The van der Waals surface area contributed by atoms with Crippen LogP contribution in [0.4, 0.5) is 10.1 Å². The second kappa shape index (κ2) is 4.23. The predicted octanol–water partition coefficient (Wildman–Crippen LogP) is 1.61.